The number of piperazine rings is 1. The molecule has 0 bridgehead atoms. The zero-order valence-electron chi connectivity index (χ0n) is 18.5. The van der Waals surface area contributed by atoms with E-state index >= 15 is 0 Å². The van der Waals surface area contributed by atoms with E-state index in [2.05, 4.69) is 27.8 Å². The molecule has 4 heterocycles. The van der Waals surface area contributed by atoms with Crippen LogP contribution >= 0.6 is 0 Å². The zero-order valence-corrected chi connectivity index (χ0v) is 18.5. The van der Waals surface area contributed by atoms with Crippen molar-refractivity contribution in [1.29, 1.82) is 0 Å². The van der Waals surface area contributed by atoms with Gasteiger partial charge < -0.3 is 20.0 Å². The van der Waals surface area contributed by atoms with Crippen LogP contribution in [0.1, 0.15) is 41.6 Å². The fourth-order valence-corrected chi connectivity index (χ4v) is 5.53. The summed E-state index contributed by atoms with van der Waals surface area (Å²) in [6.07, 6.45) is 4.51. The van der Waals surface area contributed by atoms with E-state index in [9.17, 15) is 14.4 Å². The quantitative estimate of drug-likeness (QED) is 0.716. The Bertz CT molecular complexity index is 932. The first-order valence-corrected chi connectivity index (χ1v) is 11.6. The van der Waals surface area contributed by atoms with Gasteiger partial charge in [0, 0.05) is 68.8 Å². The SMILES string of the molecule is C=C1CCC(N2Cc3cc(N4CCC(N5CCN(C=O)CC5)CC4)ccc3C2=O)C(=O)N1. The summed E-state index contributed by atoms with van der Waals surface area (Å²) in [4.78, 5) is 44.8. The number of nitrogens with one attached hydrogen (secondary N) is 1. The standard InChI is InChI=1S/C24H31N5O3/c1-17-2-5-22(23(31)25-17)29-15-18-14-20(3-4-21(18)24(29)32)27-8-6-19(7-9-27)28-12-10-26(16-30)11-13-28/h3-4,14,16,19,22H,1-2,5-13,15H2,(H,25,31). The van der Waals surface area contributed by atoms with Gasteiger partial charge in [-0.1, -0.05) is 6.58 Å². The molecule has 5 rings (SSSR count). The highest BCUT2D eigenvalue weighted by Crippen LogP contribution is 2.32. The Morgan fingerprint density at radius 2 is 1.75 bits per heavy atom. The average Bonchev–Trinajstić information content (AvgIpc) is 3.15. The summed E-state index contributed by atoms with van der Waals surface area (Å²) < 4.78 is 0. The van der Waals surface area contributed by atoms with Crippen LogP contribution in [-0.4, -0.2) is 84.3 Å². The van der Waals surface area contributed by atoms with E-state index in [0.717, 1.165) is 75.5 Å². The van der Waals surface area contributed by atoms with Crippen LogP contribution < -0.4 is 10.2 Å². The Kier molecular flexibility index (Phi) is 5.63. The average molecular weight is 438 g/mol. The van der Waals surface area contributed by atoms with E-state index in [-0.39, 0.29) is 11.8 Å². The van der Waals surface area contributed by atoms with E-state index in [1.165, 1.54) is 0 Å². The van der Waals surface area contributed by atoms with E-state index in [0.29, 0.717) is 31.0 Å². The van der Waals surface area contributed by atoms with Crippen LogP contribution in [0.25, 0.3) is 0 Å². The number of hydrogen-bond acceptors (Lipinski definition) is 5. The van der Waals surface area contributed by atoms with Crippen molar-refractivity contribution in [2.75, 3.05) is 44.2 Å². The minimum absolute atomic E-state index is 0.0487. The maximum atomic E-state index is 13.0. The molecule has 1 aromatic rings. The predicted octanol–water partition coefficient (Wildman–Crippen LogP) is 1.18. The van der Waals surface area contributed by atoms with Crippen LogP contribution in [0.5, 0.6) is 0 Å². The Morgan fingerprint density at radius 1 is 1.00 bits per heavy atom. The lowest BCUT2D eigenvalue weighted by molar-refractivity contribution is -0.126. The molecule has 8 heteroatoms. The van der Waals surface area contributed by atoms with Crippen LogP contribution in [0.15, 0.2) is 30.5 Å². The molecule has 3 fully saturated rings. The molecule has 0 saturated carbocycles. The summed E-state index contributed by atoms with van der Waals surface area (Å²) in [5.41, 5.74) is 3.61. The topological polar surface area (TPSA) is 76.2 Å². The molecule has 0 aromatic heterocycles. The Balaban J connectivity index is 1.21. The van der Waals surface area contributed by atoms with Crippen LogP contribution in [0.3, 0.4) is 0 Å². The van der Waals surface area contributed by atoms with E-state index in [1.807, 2.05) is 17.0 Å². The predicted molar refractivity (Wildman–Crippen MR) is 121 cm³/mol. The first kappa shape index (κ1) is 21.0. The van der Waals surface area contributed by atoms with Crippen molar-refractivity contribution in [3.8, 4) is 0 Å². The van der Waals surface area contributed by atoms with Gasteiger partial charge in [-0.2, -0.15) is 0 Å². The third-order valence-corrected chi connectivity index (χ3v) is 7.46. The number of nitrogens with zero attached hydrogens (tertiary/aromatic N) is 4. The molecule has 32 heavy (non-hydrogen) atoms. The van der Waals surface area contributed by atoms with Crippen molar-refractivity contribution < 1.29 is 14.4 Å². The highest BCUT2D eigenvalue weighted by atomic mass is 16.2. The summed E-state index contributed by atoms with van der Waals surface area (Å²) in [5, 5.41) is 2.79. The molecule has 3 amide bonds. The Labute approximate surface area is 188 Å². The number of fused-ring (bicyclic) bond motifs is 1. The fraction of sp³-hybridized carbons (Fsp3) is 0.542. The number of carbonyl (C=O) groups is 3. The van der Waals surface area contributed by atoms with Crippen LogP contribution in [0.4, 0.5) is 5.69 Å². The summed E-state index contributed by atoms with van der Waals surface area (Å²) in [6, 6.07) is 6.27. The summed E-state index contributed by atoms with van der Waals surface area (Å²) in [7, 11) is 0. The molecule has 4 aliphatic heterocycles. The lowest BCUT2D eigenvalue weighted by Crippen LogP contribution is -2.52. The molecular weight excluding hydrogens is 406 g/mol. The van der Waals surface area contributed by atoms with E-state index < -0.39 is 6.04 Å². The normalized spacial score (nSPS) is 25.2. The molecule has 0 radical (unpaired) electrons. The number of amides is 3. The molecule has 0 spiro atoms. The molecule has 8 nitrogen and oxygen atoms in total. The van der Waals surface area contributed by atoms with Gasteiger partial charge in [0.1, 0.15) is 6.04 Å². The molecule has 1 aromatic carbocycles. The van der Waals surface area contributed by atoms with Gasteiger partial charge in [-0.3, -0.25) is 19.3 Å². The zero-order chi connectivity index (χ0) is 22.2. The molecule has 3 saturated heterocycles. The van der Waals surface area contributed by atoms with Crippen molar-refractivity contribution in [3.05, 3.63) is 41.6 Å². The van der Waals surface area contributed by atoms with Gasteiger partial charge in [0.25, 0.3) is 5.91 Å². The van der Waals surface area contributed by atoms with Crippen molar-refractivity contribution in [1.82, 2.24) is 20.0 Å². The third kappa shape index (κ3) is 3.88. The van der Waals surface area contributed by atoms with Crippen molar-refractivity contribution >= 4 is 23.9 Å². The number of piperidine rings is 2. The molecule has 1 N–H and O–H groups in total. The second-order valence-electron chi connectivity index (χ2n) is 9.32. The fourth-order valence-electron chi connectivity index (χ4n) is 5.53. The van der Waals surface area contributed by atoms with Crippen LogP contribution in [0.2, 0.25) is 0 Å². The number of anilines is 1. The molecular formula is C24H31N5O3. The third-order valence-electron chi connectivity index (χ3n) is 7.46. The van der Waals surface area contributed by atoms with Crippen LogP contribution in [0, 0.1) is 0 Å². The lowest BCUT2D eigenvalue weighted by atomic mass is 10.0. The highest BCUT2D eigenvalue weighted by Gasteiger charge is 2.38. The first-order chi connectivity index (χ1) is 15.5. The van der Waals surface area contributed by atoms with Gasteiger partial charge in [-0.25, -0.2) is 0 Å². The highest BCUT2D eigenvalue weighted by molar-refractivity contribution is 6.01. The van der Waals surface area contributed by atoms with E-state index in [1.54, 1.807) is 4.90 Å². The Hall–Kier alpha value is -2.87. The maximum Gasteiger partial charge on any atom is 0.255 e. The molecule has 170 valence electrons. The number of benzene rings is 1. The van der Waals surface area contributed by atoms with Crippen molar-refractivity contribution in [2.45, 2.75) is 44.3 Å². The maximum absolute atomic E-state index is 13.0. The van der Waals surface area contributed by atoms with Crippen molar-refractivity contribution in [2.24, 2.45) is 0 Å². The second-order valence-corrected chi connectivity index (χ2v) is 9.32. The minimum Gasteiger partial charge on any atom is -0.371 e. The first-order valence-electron chi connectivity index (χ1n) is 11.6. The van der Waals surface area contributed by atoms with Gasteiger partial charge in [-0.15, -0.1) is 0 Å². The van der Waals surface area contributed by atoms with Crippen LogP contribution in [-0.2, 0) is 16.1 Å². The summed E-state index contributed by atoms with van der Waals surface area (Å²) >= 11 is 0. The number of carbonyl (C=O) groups excluding carboxylic acids is 3. The monoisotopic (exact) mass is 437 g/mol. The van der Waals surface area contributed by atoms with E-state index in [4.69, 9.17) is 0 Å². The lowest BCUT2D eigenvalue weighted by Gasteiger charge is -2.42. The van der Waals surface area contributed by atoms with Gasteiger partial charge in [-0.05, 0) is 49.4 Å². The molecule has 1 unspecified atom stereocenters. The van der Waals surface area contributed by atoms with Gasteiger partial charge in [0.2, 0.25) is 12.3 Å². The Morgan fingerprint density at radius 3 is 2.44 bits per heavy atom. The number of rotatable bonds is 4. The van der Waals surface area contributed by atoms with Gasteiger partial charge in [0.15, 0.2) is 0 Å². The largest absolute Gasteiger partial charge is 0.371 e. The van der Waals surface area contributed by atoms with Gasteiger partial charge >= 0.3 is 0 Å². The summed E-state index contributed by atoms with van der Waals surface area (Å²) in [6.45, 7) is 9.87. The molecule has 4 aliphatic rings. The summed E-state index contributed by atoms with van der Waals surface area (Å²) in [5.74, 6) is -0.175. The minimum atomic E-state index is -0.417. The molecule has 0 aliphatic carbocycles. The number of hydrogen-bond donors (Lipinski definition) is 1. The number of allylic oxidation sites excluding steroid dienone is 1. The van der Waals surface area contributed by atoms with Crippen molar-refractivity contribution in [3.63, 3.8) is 0 Å². The smallest absolute Gasteiger partial charge is 0.255 e. The van der Waals surface area contributed by atoms with Gasteiger partial charge in [0.05, 0.1) is 0 Å². The molecule has 1 atom stereocenters. The second kappa shape index (κ2) is 8.58.